The van der Waals surface area contributed by atoms with Gasteiger partial charge in [-0.15, -0.1) is 5.10 Å². The van der Waals surface area contributed by atoms with Gasteiger partial charge in [0.05, 0.1) is 23.3 Å². The monoisotopic (exact) mass is 436 g/mol. The highest BCUT2D eigenvalue weighted by Crippen LogP contribution is 2.32. The van der Waals surface area contributed by atoms with Crippen molar-refractivity contribution in [2.24, 2.45) is 0 Å². The molecule has 168 valence electrons. The van der Waals surface area contributed by atoms with Crippen molar-refractivity contribution in [2.45, 2.75) is 64.6 Å². The van der Waals surface area contributed by atoms with Crippen LogP contribution in [0, 0.1) is 12.7 Å². The first-order chi connectivity index (χ1) is 15.4. The SMILES string of the molecule is CO[C@H]1CC[C@H](Nc2ncc3c(-c4cc(F)c5nc(C)n(C(C)C)c5c4)ccn3n2)CC1. The van der Waals surface area contributed by atoms with Crippen LogP contribution < -0.4 is 5.32 Å². The third-order valence-electron chi connectivity index (χ3n) is 6.51. The van der Waals surface area contributed by atoms with E-state index >= 15 is 0 Å². The zero-order valence-corrected chi connectivity index (χ0v) is 19.0. The fourth-order valence-electron chi connectivity index (χ4n) is 4.91. The van der Waals surface area contributed by atoms with Gasteiger partial charge in [0, 0.05) is 31.0 Å². The summed E-state index contributed by atoms with van der Waals surface area (Å²) in [5.74, 6) is 1.10. The summed E-state index contributed by atoms with van der Waals surface area (Å²) in [5, 5.41) is 8.09. The maximum atomic E-state index is 14.9. The predicted molar refractivity (Wildman–Crippen MR) is 123 cm³/mol. The van der Waals surface area contributed by atoms with E-state index in [1.807, 2.05) is 25.3 Å². The van der Waals surface area contributed by atoms with Crippen LogP contribution in [0.1, 0.15) is 51.4 Å². The van der Waals surface area contributed by atoms with Crippen molar-refractivity contribution in [3.8, 4) is 11.1 Å². The van der Waals surface area contributed by atoms with Crippen molar-refractivity contribution in [3.63, 3.8) is 0 Å². The Bertz CT molecular complexity index is 1270. The van der Waals surface area contributed by atoms with Crippen LogP contribution in [-0.4, -0.2) is 43.4 Å². The van der Waals surface area contributed by atoms with E-state index in [0.717, 1.165) is 53.7 Å². The van der Waals surface area contributed by atoms with Gasteiger partial charge in [0.25, 0.3) is 0 Å². The summed E-state index contributed by atoms with van der Waals surface area (Å²) in [4.78, 5) is 8.99. The first kappa shape index (κ1) is 20.9. The summed E-state index contributed by atoms with van der Waals surface area (Å²) in [6.45, 7) is 6.07. The molecule has 0 aliphatic heterocycles. The smallest absolute Gasteiger partial charge is 0.241 e. The van der Waals surface area contributed by atoms with Gasteiger partial charge < -0.3 is 14.6 Å². The first-order valence-corrected chi connectivity index (χ1v) is 11.3. The van der Waals surface area contributed by atoms with Crippen LogP contribution in [0.3, 0.4) is 0 Å². The molecule has 5 rings (SSSR count). The molecule has 0 radical (unpaired) electrons. The second-order valence-electron chi connectivity index (χ2n) is 8.94. The average molecular weight is 437 g/mol. The molecule has 0 amide bonds. The lowest BCUT2D eigenvalue weighted by Crippen LogP contribution is -2.30. The van der Waals surface area contributed by atoms with E-state index in [-0.39, 0.29) is 11.9 Å². The number of fused-ring (bicyclic) bond motifs is 2. The molecule has 1 N–H and O–H groups in total. The molecule has 0 atom stereocenters. The summed E-state index contributed by atoms with van der Waals surface area (Å²) in [6, 6.07) is 6.06. The highest BCUT2D eigenvalue weighted by atomic mass is 19.1. The van der Waals surface area contributed by atoms with Gasteiger partial charge in [0.1, 0.15) is 11.3 Å². The molecule has 3 aromatic heterocycles. The molecule has 7 nitrogen and oxygen atoms in total. The van der Waals surface area contributed by atoms with Gasteiger partial charge in [-0.1, -0.05) is 0 Å². The number of aromatic nitrogens is 5. The maximum Gasteiger partial charge on any atom is 0.241 e. The van der Waals surface area contributed by atoms with E-state index in [2.05, 4.69) is 38.8 Å². The van der Waals surface area contributed by atoms with Gasteiger partial charge >= 0.3 is 0 Å². The Kier molecular flexibility index (Phi) is 5.33. The number of rotatable bonds is 5. The van der Waals surface area contributed by atoms with E-state index in [1.165, 1.54) is 0 Å². The Balaban J connectivity index is 1.46. The molecule has 32 heavy (non-hydrogen) atoms. The average Bonchev–Trinajstić information content (AvgIpc) is 3.34. The molecule has 3 heterocycles. The fourth-order valence-corrected chi connectivity index (χ4v) is 4.91. The van der Waals surface area contributed by atoms with Gasteiger partial charge in [0.2, 0.25) is 5.95 Å². The van der Waals surface area contributed by atoms with Gasteiger partial charge in [-0.25, -0.2) is 18.9 Å². The van der Waals surface area contributed by atoms with Gasteiger partial charge in [-0.05, 0) is 70.2 Å². The summed E-state index contributed by atoms with van der Waals surface area (Å²) in [6.07, 6.45) is 8.23. The first-order valence-electron chi connectivity index (χ1n) is 11.3. The molecule has 0 spiro atoms. The highest BCUT2D eigenvalue weighted by molar-refractivity contribution is 5.88. The topological polar surface area (TPSA) is 69.3 Å². The number of nitrogens with zero attached hydrogens (tertiary/aromatic N) is 5. The number of methoxy groups -OCH3 is 1. The molecule has 1 saturated carbocycles. The van der Waals surface area contributed by atoms with Crippen molar-refractivity contribution < 1.29 is 9.13 Å². The number of anilines is 1. The van der Waals surface area contributed by atoms with E-state index in [1.54, 1.807) is 23.9 Å². The Labute approximate surface area is 186 Å². The number of benzene rings is 1. The quantitative estimate of drug-likeness (QED) is 0.469. The lowest BCUT2D eigenvalue weighted by atomic mass is 9.93. The lowest BCUT2D eigenvalue weighted by Gasteiger charge is -2.28. The molecule has 8 heteroatoms. The lowest BCUT2D eigenvalue weighted by molar-refractivity contribution is 0.0681. The standard InChI is InChI=1S/C24H29FN6O/c1-14(2)31-15(3)27-23-20(25)11-16(12-21(23)31)19-9-10-30-22(19)13-26-24(29-30)28-17-5-7-18(32-4)8-6-17/h9-14,17-18H,5-8H2,1-4H3,(H,28,29)/t17-,18-. The number of halogens is 1. The Morgan fingerprint density at radius 1 is 1.16 bits per heavy atom. The summed E-state index contributed by atoms with van der Waals surface area (Å²) in [5.41, 5.74) is 3.74. The number of hydrogen-bond donors (Lipinski definition) is 1. The van der Waals surface area contributed by atoms with Crippen molar-refractivity contribution >= 4 is 22.5 Å². The summed E-state index contributed by atoms with van der Waals surface area (Å²) >= 11 is 0. The van der Waals surface area contributed by atoms with Crippen molar-refractivity contribution in [2.75, 3.05) is 12.4 Å². The van der Waals surface area contributed by atoms with Gasteiger partial charge in [-0.2, -0.15) is 0 Å². The summed E-state index contributed by atoms with van der Waals surface area (Å²) < 4.78 is 24.3. The van der Waals surface area contributed by atoms with E-state index in [4.69, 9.17) is 4.74 Å². The normalized spacial score (nSPS) is 19.3. The molecule has 4 aromatic rings. The fraction of sp³-hybridized carbons (Fsp3) is 0.458. The van der Waals surface area contributed by atoms with Crippen LogP contribution >= 0.6 is 0 Å². The minimum atomic E-state index is -0.315. The minimum absolute atomic E-state index is 0.191. The second kappa shape index (κ2) is 8.16. The van der Waals surface area contributed by atoms with Crippen molar-refractivity contribution in [1.29, 1.82) is 0 Å². The molecule has 0 saturated heterocycles. The molecule has 1 fully saturated rings. The van der Waals surface area contributed by atoms with Gasteiger partial charge in [0.15, 0.2) is 5.82 Å². The molecular formula is C24H29FN6O. The molecule has 0 unspecified atom stereocenters. The van der Waals surface area contributed by atoms with Crippen molar-refractivity contribution in [1.82, 2.24) is 24.1 Å². The third kappa shape index (κ3) is 3.62. The van der Waals surface area contributed by atoms with Crippen LogP contribution in [-0.2, 0) is 4.74 Å². The molecular weight excluding hydrogens is 407 g/mol. The minimum Gasteiger partial charge on any atom is -0.381 e. The number of aryl methyl sites for hydroxylation is 1. The zero-order valence-electron chi connectivity index (χ0n) is 19.0. The summed E-state index contributed by atoms with van der Waals surface area (Å²) in [7, 11) is 1.78. The Morgan fingerprint density at radius 2 is 1.94 bits per heavy atom. The van der Waals surface area contributed by atoms with E-state index in [9.17, 15) is 4.39 Å². The molecule has 1 aliphatic carbocycles. The Hall–Kier alpha value is -3.00. The van der Waals surface area contributed by atoms with Crippen LogP contribution in [0.25, 0.3) is 27.7 Å². The molecule has 0 bridgehead atoms. The van der Waals surface area contributed by atoms with E-state index in [0.29, 0.717) is 23.6 Å². The number of ether oxygens (including phenoxy) is 1. The van der Waals surface area contributed by atoms with Crippen LogP contribution in [0.15, 0.2) is 30.6 Å². The maximum absolute atomic E-state index is 14.9. The number of hydrogen-bond acceptors (Lipinski definition) is 5. The number of nitrogens with one attached hydrogen (secondary N) is 1. The van der Waals surface area contributed by atoms with Gasteiger partial charge in [-0.3, -0.25) is 0 Å². The zero-order chi connectivity index (χ0) is 22.4. The van der Waals surface area contributed by atoms with Crippen molar-refractivity contribution in [3.05, 3.63) is 42.2 Å². The van der Waals surface area contributed by atoms with Crippen LogP contribution in [0.2, 0.25) is 0 Å². The second-order valence-corrected chi connectivity index (χ2v) is 8.94. The Morgan fingerprint density at radius 3 is 2.66 bits per heavy atom. The largest absolute Gasteiger partial charge is 0.381 e. The molecule has 1 aromatic carbocycles. The predicted octanol–water partition coefficient (Wildman–Crippen LogP) is 5.14. The number of imidazole rings is 1. The van der Waals surface area contributed by atoms with Crippen LogP contribution in [0.5, 0.6) is 0 Å². The third-order valence-corrected chi connectivity index (χ3v) is 6.51. The molecule has 1 aliphatic rings. The van der Waals surface area contributed by atoms with Crippen LogP contribution in [0.4, 0.5) is 10.3 Å². The van der Waals surface area contributed by atoms with E-state index < -0.39 is 0 Å². The highest BCUT2D eigenvalue weighted by Gasteiger charge is 2.22.